The van der Waals surface area contributed by atoms with Crippen molar-refractivity contribution in [3.05, 3.63) is 24.7 Å². The molecule has 0 unspecified atom stereocenters. The second-order valence-electron chi connectivity index (χ2n) is 0.793. The Kier molecular flexibility index (Phi) is 5.46. The first-order valence-corrected chi connectivity index (χ1v) is 2.97. The van der Waals surface area contributed by atoms with Crippen LogP contribution in [0.1, 0.15) is 0 Å². The molecule has 1 aromatic heterocycles. The van der Waals surface area contributed by atoms with Crippen molar-refractivity contribution in [1.29, 1.82) is 0 Å². The normalized spacial score (nSPS) is 6.57. The van der Waals surface area contributed by atoms with Gasteiger partial charge < -0.3 is 4.42 Å². The number of hydrogen-bond acceptors (Lipinski definition) is 2. The molecule has 0 amide bonds. The maximum absolute atomic E-state index is 8.38. The van der Waals surface area contributed by atoms with E-state index in [9.17, 15) is 0 Å². The summed E-state index contributed by atoms with van der Waals surface area (Å²) in [6.45, 7) is 0. The number of rotatable bonds is 0. The van der Waals surface area contributed by atoms with E-state index in [2.05, 4.69) is 4.42 Å². The third kappa shape index (κ3) is 3.54. The van der Waals surface area contributed by atoms with Crippen LogP contribution in [0.2, 0.25) is 0 Å². The first-order chi connectivity index (χ1) is 3.50. The van der Waals surface area contributed by atoms with E-state index in [1.807, 2.05) is 12.1 Å². The van der Waals surface area contributed by atoms with Crippen LogP contribution in [-0.4, -0.2) is 0 Å². The summed E-state index contributed by atoms with van der Waals surface area (Å²) in [6.07, 6.45) is 3.25. The van der Waals surface area contributed by atoms with Crippen LogP contribution < -0.4 is 0 Å². The van der Waals surface area contributed by atoms with Crippen molar-refractivity contribution in [2.45, 2.75) is 0 Å². The summed E-state index contributed by atoms with van der Waals surface area (Å²) in [7, 11) is 0. The van der Waals surface area contributed by atoms with E-state index in [1.54, 1.807) is 12.5 Å². The van der Waals surface area contributed by atoms with Gasteiger partial charge in [-0.05, 0) is 12.1 Å². The molecule has 0 bridgehead atoms. The predicted molar refractivity (Wildman–Crippen MR) is 19.4 cm³/mol. The zero-order valence-electron chi connectivity index (χ0n) is 3.83. The minimum Gasteiger partial charge on any atom is -0.473 e. The summed E-state index contributed by atoms with van der Waals surface area (Å²) < 4.78 is 13.0. The molecule has 0 atom stereocenters. The number of furan rings is 1. The van der Waals surface area contributed by atoms with Crippen LogP contribution in [0.5, 0.6) is 0 Å². The first kappa shape index (κ1) is 6.70. The van der Waals surface area contributed by atoms with Crippen molar-refractivity contribution in [2.75, 3.05) is 0 Å². The summed E-state index contributed by atoms with van der Waals surface area (Å²) in [5.41, 5.74) is 0. The fraction of sp³-hybridized carbons (Fsp3) is 0. The third-order valence-corrected chi connectivity index (χ3v) is 0.425. The molecule has 0 spiro atoms. The zero-order valence-corrected chi connectivity index (χ0v) is 6.80. The Morgan fingerprint density at radius 3 is 1.71 bits per heavy atom. The molecule has 0 aliphatic rings. The van der Waals surface area contributed by atoms with Crippen LogP contribution in [0.25, 0.3) is 0 Å². The second kappa shape index (κ2) is 5.70. The molecular formula is C4H4O2Zn. The van der Waals surface area contributed by atoms with Gasteiger partial charge in [0.15, 0.2) is 0 Å². The van der Waals surface area contributed by atoms with E-state index in [0.29, 0.717) is 0 Å². The molecule has 1 heterocycles. The standard InChI is InChI=1S/C4H4O.O.Zn/c1-2-4-5-3-1;;/h1-4H;;. The SMILES string of the molecule is [O]=[Zn].c1ccoc1. The average Bonchev–Trinajstić information content (AvgIpc) is 2.23. The Morgan fingerprint density at radius 2 is 1.57 bits per heavy atom. The molecule has 1 aromatic rings. The van der Waals surface area contributed by atoms with E-state index >= 15 is 0 Å². The molecule has 2 nitrogen and oxygen atoms in total. The van der Waals surface area contributed by atoms with Gasteiger partial charge in [0.05, 0.1) is 12.5 Å². The van der Waals surface area contributed by atoms with E-state index in [0.717, 1.165) is 0 Å². The predicted octanol–water partition coefficient (Wildman–Crippen LogP) is 1.16. The Labute approximate surface area is 51.5 Å². The molecule has 0 aliphatic carbocycles. The Morgan fingerprint density at radius 1 is 1.14 bits per heavy atom. The molecule has 7 heavy (non-hydrogen) atoms. The molecule has 0 aliphatic heterocycles. The van der Waals surface area contributed by atoms with Crippen LogP contribution in [0, 0.1) is 0 Å². The van der Waals surface area contributed by atoms with Gasteiger partial charge >= 0.3 is 21.8 Å². The van der Waals surface area contributed by atoms with Gasteiger partial charge in [-0.25, -0.2) is 0 Å². The van der Waals surface area contributed by atoms with Gasteiger partial charge in [0, 0.05) is 0 Å². The summed E-state index contributed by atoms with van der Waals surface area (Å²) in [4.78, 5) is 0. The fourth-order valence-electron chi connectivity index (χ4n) is 0.227. The monoisotopic (exact) mass is 148 g/mol. The summed E-state index contributed by atoms with van der Waals surface area (Å²) >= 11 is 0.125. The van der Waals surface area contributed by atoms with Crippen LogP contribution in [0.4, 0.5) is 0 Å². The van der Waals surface area contributed by atoms with Crippen molar-refractivity contribution in [3.8, 4) is 0 Å². The molecule has 0 radical (unpaired) electrons. The van der Waals surface area contributed by atoms with Crippen molar-refractivity contribution < 1.29 is 26.2 Å². The fourth-order valence-corrected chi connectivity index (χ4v) is 0.227. The molecule has 0 N–H and O–H groups in total. The van der Waals surface area contributed by atoms with Crippen LogP contribution >= 0.6 is 0 Å². The topological polar surface area (TPSA) is 30.2 Å². The quantitative estimate of drug-likeness (QED) is 0.518. The second-order valence-corrected chi connectivity index (χ2v) is 0.793. The smallest absolute Gasteiger partial charge is 0.0902 e. The van der Waals surface area contributed by atoms with Crippen molar-refractivity contribution in [1.82, 2.24) is 0 Å². The Bertz CT molecular complexity index is 76.6. The van der Waals surface area contributed by atoms with Crippen molar-refractivity contribution in [2.24, 2.45) is 0 Å². The molecule has 1 rings (SSSR count). The first-order valence-electron chi connectivity index (χ1n) is 1.76. The maximum Gasteiger partial charge on any atom is 0.0902 e. The number of hydrogen-bond donors (Lipinski definition) is 0. The third-order valence-electron chi connectivity index (χ3n) is 0.425. The molecular weight excluding hydrogens is 145 g/mol. The summed E-state index contributed by atoms with van der Waals surface area (Å²) in [6, 6.07) is 3.67. The van der Waals surface area contributed by atoms with E-state index < -0.39 is 0 Å². The van der Waals surface area contributed by atoms with Gasteiger partial charge in [0.25, 0.3) is 0 Å². The summed E-state index contributed by atoms with van der Waals surface area (Å²) in [5.74, 6) is 0. The van der Waals surface area contributed by atoms with Crippen molar-refractivity contribution >= 4 is 0 Å². The van der Waals surface area contributed by atoms with Crippen LogP contribution in [0.3, 0.4) is 0 Å². The van der Waals surface area contributed by atoms with Gasteiger partial charge in [-0.1, -0.05) is 0 Å². The van der Waals surface area contributed by atoms with Gasteiger partial charge in [0.1, 0.15) is 0 Å². The molecule has 34 valence electrons. The minimum atomic E-state index is 0.125. The Balaban J connectivity index is 0.000000162. The average molecular weight is 149 g/mol. The van der Waals surface area contributed by atoms with Crippen LogP contribution in [-0.2, 0) is 21.8 Å². The minimum absolute atomic E-state index is 0.125. The maximum atomic E-state index is 8.38. The molecule has 0 aromatic carbocycles. The van der Waals surface area contributed by atoms with E-state index in [1.165, 1.54) is 0 Å². The van der Waals surface area contributed by atoms with Gasteiger partial charge in [-0.2, -0.15) is 0 Å². The summed E-state index contributed by atoms with van der Waals surface area (Å²) in [5, 5.41) is 0. The van der Waals surface area contributed by atoms with Gasteiger partial charge in [-0.15, -0.1) is 0 Å². The Hall–Kier alpha value is -0.297. The van der Waals surface area contributed by atoms with Gasteiger partial charge in [0.2, 0.25) is 0 Å². The largest absolute Gasteiger partial charge is 0.473 e. The van der Waals surface area contributed by atoms with Crippen LogP contribution in [0.15, 0.2) is 29.1 Å². The zero-order chi connectivity index (χ0) is 5.54. The van der Waals surface area contributed by atoms with Gasteiger partial charge in [-0.3, -0.25) is 0 Å². The molecule has 0 saturated heterocycles. The molecule has 0 saturated carbocycles. The van der Waals surface area contributed by atoms with E-state index in [4.69, 9.17) is 3.57 Å². The van der Waals surface area contributed by atoms with Crippen molar-refractivity contribution in [3.63, 3.8) is 0 Å². The molecule has 0 fully saturated rings. The van der Waals surface area contributed by atoms with E-state index in [-0.39, 0.29) is 18.3 Å². The molecule has 3 heteroatoms.